The third-order valence-electron chi connectivity index (χ3n) is 6.74. The molecule has 1 fully saturated rings. The first-order valence-corrected chi connectivity index (χ1v) is 13.3. The highest BCUT2D eigenvalue weighted by Gasteiger charge is 2.36. The molecule has 2 heterocycles. The first-order chi connectivity index (χ1) is 17.3. The number of sulfonamides is 1. The fourth-order valence-corrected chi connectivity index (χ4v) is 6.37. The summed E-state index contributed by atoms with van der Waals surface area (Å²) in [6, 6.07) is 17.4. The Kier molecular flexibility index (Phi) is 6.68. The van der Waals surface area contributed by atoms with Gasteiger partial charge in [-0.05, 0) is 80.4 Å². The lowest BCUT2D eigenvalue weighted by Gasteiger charge is -2.34. The van der Waals surface area contributed by atoms with E-state index in [-0.39, 0.29) is 29.0 Å². The second-order valence-corrected chi connectivity index (χ2v) is 10.9. The maximum atomic E-state index is 13.8. The van der Waals surface area contributed by atoms with Crippen LogP contribution < -0.4 is 13.8 Å². The van der Waals surface area contributed by atoms with Gasteiger partial charge in [0.25, 0.3) is 10.0 Å². The number of piperidine rings is 1. The molecular weight excluding hydrogens is 483 g/mol. The number of para-hydroxylation sites is 1. The fraction of sp³-hybridized carbons (Fsp3) is 0.296. The van der Waals surface area contributed by atoms with E-state index in [4.69, 9.17) is 9.47 Å². The molecule has 0 unspecified atom stereocenters. The van der Waals surface area contributed by atoms with Crippen LogP contribution in [0.25, 0.3) is 0 Å². The highest BCUT2D eigenvalue weighted by molar-refractivity contribution is 7.93. The smallest absolute Gasteiger partial charge is 0.268 e. The molecule has 2 aliphatic heterocycles. The third-order valence-corrected chi connectivity index (χ3v) is 8.56. The molecule has 2 aliphatic rings. The molecule has 7 nitrogen and oxygen atoms in total. The summed E-state index contributed by atoms with van der Waals surface area (Å²) in [4.78, 5) is 14.8. The Balaban J connectivity index is 1.33. The first kappa shape index (κ1) is 24.3. The van der Waals surface area contributed by atoms with E-state index in [9.17, 15) is 17.6 Å². The summed E-state index contributed by atoms with van der Waals surface area (Å²) in [5, 5.41) is 0. The van der Waals surface area contributed by atoms with Crippen LogP contribution in [-0.4, -0.2) is 52.4 Å². The number of carbonyl (C=O) groups excluding carboxylic acids is 1. The minimum absolute atomic E-state index is 0.0571. The third kappa shape index (κ3) is 4.81. The van der Waals surface area contributed by atoms with Gasteiger partial charge in [0.15, 0.2) is 11.5 Å². The number of benzene rings is 3. The Hall–Kier alpha value is -3.43. The van der Waals surface area contributed by atoms with E-state index in [2.05, 4.69) is 4.90 Å². The zero-order chi connectivity index (χ0) is 25.3. The van der Waals surface area contributed by atoms with Crippen LogP contribution in [0.1, 0.15) is 23.2 Å². The summed E-state index contributed by atoms with van der Waals surface area (Å²) < 4.78 is 53.5. The molecular formula is C27H27FN2O5S. The van der Waals surface area contributed by atoms with E-state index in [0.29, 0.717) is 48.1 Å². The molecule has 36 heavy (non-hydrogen) atoms. The lowest BCUT2D eigenvalue weighted by Crippen LogP contribution is -2.42. The molecule has 1 saturated heterocycles. The standard InChI is InChI=1S/C27H27FN2O5S/c1-34-22-10-11-25-23(16-22)30(36(32,33)27-5-3-2-4-26(27)35-25)17-19-12-14-29(15-13-19)18-24(31)20-6-8-21(28)9-7-20/h2-11,16,19H,12-15,17-18H2,1H3. The number of likely N-dealkylation sites (tertiary alicyclic amines) is 1. The molecule has 5 rings (SSSR count). The van der Waals surface area contributed by atoms with E-state index >= 15 is 0 Å². The number of halogens is 1. The number of carbonyl (C=O) groups is 1. The Labute approximate surface area is 210 Å². The van der Waals surface area contributed by atoms with Gasteiger partial charge in [0.05, 0.1) is 19.3 Å². The van der Waals surface area contributed by atoms with E-state index in [0.717, 1.165) is 12.8 Å². The highest BCUT2D eigenvalue weighted by Crippen LogP contribution is 2.44. The van der Waals surface area contributed by atoms with Crippen molar-refractivity contribution in [2.45, 2.75) is 17.7 Å². The van der Waals surface area contributed by atoms with Gasteiger partial charge in [0, 0.05) is 18.2 Å². The summed E-state index contributed by atoms with van der Waals surface area (Å²) in [7, 11) is -2.34. The van der Waals surface area contributed by atoms with Gasteiger partial charge in [-0.2, -0.15) is 0 Å². The van der Waals surface area contributed by atoms with Crippen molar-refractivity contribution < 1.29 is 27.1 Å². The van der Waals surface area contributed by atoms with Gasteiger partial charge in [0.2, 0.25) is 0 Å². The summed E-state index contributed by atoms with van der Waals surface area (Å²) in [6.45, 7) is 1.88. The number of Topliss-reactive ketones (excluding diaryl/α,β-unsaturated/α-hetero) is 1. The number of methoxy groups -OCH3 is 1. The molecule has 0 saturated carbocycles. The zero-order valence-electron chi connectivity index (χ0n) is 19.9. The van der Waals surface area contributed by atoms with Crippen LogP contribution in [0, 0.1) is 11.7 Å². The van der Waals surface area contributed by atoms with Gasteiger partial charge < -0.3 is 9.47 Å². The summed E-state index contributed by atoms with van der Waals surface area (Å²) in [5.41, 5.74) is 0.929. The van der Waals surface area contributed by atoms with E-state index in [1.54, 1.807) is 42.5 Å². The second-order valence-electron chi connectivity index (χ2n) is 9.07. The highest BCUT2D eigenvalue weighted by atomic mass is 32.2. The van der Waals surface area contributed by atoms with Gasteiger partial charge in [-0.3, -0.25) is 14.0 Å². The SMILES string of the molecule is COc1ccc2c(c1)N(CC1CCN(CC(=O)c3ccc(F)cc3)CC1)S(=O)(=O)c1ccccc1O2. The number of hydrogen-bond acceptors (Lipinski definition) is 6. The molecule has 3 aromatic carbocycles. The van der Waals surface area contributed by atoms with Crippen LogP contribution in [0.2, 0.25) is 0 Å². The zero-order valence-corrected chi connectivity index (χ0v) is 20.7. The monoisotopic (exact) mass is 510 g/mol. The number of rotatable bonds is 6. The number of ether oxygens (including phenoxy) is 2. The average Bonchev–Trinajstić information content (AvgIpc) is 2.97. The van der Waals surface area contributed by atoms with Crippen LogP contribution in [0.15, 0.2) is 71.6 Å². The molecule has 0 radical (unpaired) electrons. The van der Waals surface area contributed by atoms with Crippen molar-refractivity contribution in [3.63, 3.8) is 0 Å². The fourth-order valence-electron chi connectivity index (χ4n) is 4.71. The first-order valence-electron chi connectivity index (χ1n) is 11.8. The van der Waals surface area contributed by atoms with Gasteiger partial charge >= 0.3 is 0 Å². The second kappa shape index (κ2) is 9.91. The van der Waals surface area contributed by atoms with Crippen LogP contribution in [0.5, 0.6) is 17.2 Å². The lowest BCUT2D eigenvalue weighted by molar-refractivity contribution is 0.0898. The van der Waals surface area contributed by atoms with Gasteiger partial charge in [-0.25, -0.2) is 12.8 Å². The van der Waals surface area contributed by atoms with E-state index in [1.165, 1.54) is 35.7 Å². The predicted molar refractivity (Wildman–Crippen MR) is 134 cm³/mol. The summed E-state index contributed by atoms with van der Waals surface area (Å²) in [5.74, 6) is 0.951. The maximum absolute atomic E-state index is 13.8. The van der Waals surface area contributed by atoms with Crippen molar-refractivity contribution in [2.24, 2.45) is 5.92 Å². The minimum Gasteiger partial charge on any atom is -0.497 e. The molecule has 0 N–H and O–H groups in total. The average molecular weight is 511 g/mol. The van der Waals surface area contributed by atoms with Gasteiger partial charge in [-0.1, -0.05) is 12.1 Å². The van der Waals surface area contributed by atoms with Gasteiger partial charge in [-0.15, -0.1) is 0 Å². The number of nitrogens with zero attached hydrogens (tertiary/aromatic N) is 2. The van der Waals surface area contributed by atoms with Crippen molar-refractivity contribution in [2.75, 3.05) is 37.6 Å². The Morgan fingerprint density at radius 3 is 2.47 bits per heavy atom. The van der Waals surface area contributed by atoms with Crippen molar-refractivity contribution in [3.8, 4) is 17.2 Å². The molecule has 0 amide bonds. The predicted octanol–water partition coefficient (Wildman–Crippen LogP) is 4.73. The van der Waals surface area contributed by atoms with E-state index in [1.807, 2.05) is 0 Å². The molecule has 0 spiro atoms. The van der Waals surface area contributed by atoms with Crippen molar-refractivity contribution in [1.29, 1.82) is 0 Å². The number of ketones is 1. The van der Waals surface area contributed by atoms with Crippen molar-refractivity contribution in [3.05, 3.63) is 78.1 Å². The molecule has 0 atom stereocenters. The Morgan fingerprint density at radius 2 is 1.75 bits per heavy atom. The van der Waals surface area contributed by atoms with Crippen molar-refractivity contribution in [1.82, 2.24) is 4.90 Å². The Morgan fingerprint density at radius 1 is 1.03 bits per heavy atom. The largest absolute Gasteiger partial charge is 0.497 e. The minimum atomic E-state index is -3.87. The van der Waals surface area contributed by atoms with Crippen molar-refractivity contribution >= 4 is 21.5 Å². The van der Waals surface area contributed by atoms with Gasteiger partial charge in [0.1, 0.15) is 22.2 Å². The molecule has 9 heteroatoms. The van der Waals surface area contributed by atoms with Crippen LogP contribution >= 0.6 is 0 Å². The topological polar surface area (TPSA) is 76.2 Å². The maximum Gasteiger partial charge on any atom is 0.268 e. The molecule has 188 valence electrons. The quantitative estimate of drug-likeness (QED) is 0.447. The summed E-state index contributed by atoms with van der Waals surface area (Å²) >= 11 is 0. The summed E-state index contributed by atoms with van der Waals surface area (Å²) in [6.07, 6.45) is 1.48. The lowest BCUT2D eigenvalue weighted by atomic mass is 9.96. The Bertz CT molecular complexity index is 1370. The molecule has 0 aromatic heterocycles. The number of anilines is 1. The molecule has 0 bridgehead atoms. The van der Waals surface area contributed by atoms with Crippen LogP contribution in [0.4, 0.5) is 10.1 Å². The molecule has 0 aliphatic carbocycles. The number of fused-ring (bicyclic) bond motifs is 2. The normalized spacial score (nSPS) is 17.4. The molecule has 3 aromatic rings. The van der Waals surface area contributed by atoms with E-state index < -0.39 is 10.0 Å². The van der Waals surface area contributed by atoms with Crippen LogP contribution in [0.3, 0.4) is 0 Å². The number of hydrogen-bond donors (Lipinski definition) is 0. The van der Waals surface area contributed by atoms with Crippen LogP contribution in [-0.2, 0) is 10.0 Å².